The molecule has 6 rings (SSSR count). The molecule has 0 spiro atoms. The van der Waals surface area contributed by atoms with Gasteiger partial charge in [-0.2, -0.15) is 0 Å². The molecule has 2 aromatic carbocycles. The van der Waals surface area contributed by atoms with Crippen molar-refractivity contribution >= 4 is 78.3 Å². The van der Waals surface area contributed by atoms with Gasteiger partial charge in [0.1, 0.15) is 26.8 Å². The maximum atomic E-state index is 12.8. The number of aromatic nitrogens is 4. The van der Waals surface area contributed by atoms with Crippen LogP contribution in [0.1, 0.15) is 63.8 Å². The van der Waals surface area contributed by atoms with Gasteiger partial charge < -0.3 is 10.8 Å². The van der Waals surface area contributed by atoms with Crippen LogP contribution in [-0.4, -0.2) is 42.0 Å². The number of fused-ring (bicyclic) bond motifs is 2. The van der Waals surface area contributed by atoms with Gasteiger partial charge in [-0.15, -0.1) is 11.6 Å². The maximum Gasteiger partial charge on any atom is 0.354 e. The highest BCUT2D eigenvalue weighted by molar-refractivity contribution is 8.46. The van der Waals surface area contributed by atoms with Crippen LogP contribution in [0, 0.1) is 0 Å². The molecule has 0 atom stereocenters. The molecule has 0 aliphatic heterocycles. The number of rotatable bonds is 10. The summed E-state index contributed by atoms with van der Waals surface area (Å²) in [7, 11) is -19.2. The number of nitrogens with zero attached hydrogens (tertiary/aromatic N) is 4. The number of hydrogen-bond acceptors (Lipinski definition) is 5. The van der Waals surface area contributed by atoms with Crippen molar-refractivity contribution in [3.63, 3.8) is 0 Å². The maximum absolute atomic E-state index is 12.8. The molecule has 0 saturated carbocycles. The van der Waals surface area contributed by atoms with Crippen LogP contribution in [-0.2, 0) is 25.8 Å². The third-order valence-electron chi connectivity index (χ3n) is 8.06. The Morgan fingerprint density at radius 1 is 0.627 bits per heavy atom. The second-order valence-electron chi connectivity index (χ2n) is 12.3. The van der Waals surface area contributed by atoms with E-state index in [1.165, 1.54) is 10.8 Å². The minimum atomic E-state index is -9.69. The van der Waals surface area contributed by atoms with Gasteiger partial charge in [-0.1, -0.05) is 100 Å². The minimum Gasteiger partial charge on any atom is -0.477 e. The summed E-state index contributed by atoms with van der Waals surface area (Å²) in [6, 6.07) is 11.9. The standard InChI is InChI=1S/C18H16ClF5N2OS.C10H9ClN2O2.C7H8F5NS.CH3Cl/c1-2-15-18(26-11-13(19)6-10-17(26)25-15)16(27)9-5-12-3-7-14(8-4-12)28(20,21,22,23)24;1-2-7-9(10(14)15)13-5-6(11)3-4-8(13)12-7;8-14(9,10,11,12)7-3-1-6(5-13)2-4-7;1-2/h3-4,6-8,10-11H,2,5,9H2,1H3;3-5H,2H2,1H3,(H,14,15);1-4H,5,13H2;1H3. The predicted molar refractivity (Wildman–Crippen MR) is 214 cm³/mol. The zero-order valence-corrected chi connectivity index (χ0v) is 34.9. The van der Waals surface area contributed by atoms with E-state index in [1.54, 1.807) is 41.1 Å². The smallest absolute Gasteiger partial charge is 0.354 e. The first kappa shape index (κ1) is 49.2. The molecule has 8 nitrogen and oxygen atoms in total. The summed E-state index contributed by atoms with van der Waals surface area (Å²) in [5.41, 5.74) is 8.72. The van der Waals surface area contributed by atoms with Crippen LogP contribution in [0.2, 0.25) is 10.0 Å². The molecular formula is C36H36Cl3F10N5O3S2. The van der Waals surface area contributed by atoms with Crippen molar-refractivity contribution in [1.29, 1.82) is 0 Å². The van der Waals surface area contributed by atoms with Gasteiger partial charge in [0.25, 0.3) is 0 Å². The van der Waals surface area contributed by atoms with Crippen LogP contribution in [0.15, 0.2) is 95.0 Å². The van der Waals surface area contributed by atoms with Crippen molar-refractivity contribution in [2.45, 2.75) is 55.9 Å². The monoisotopic (exact) mass is 945 g/mol. The van der Waals surface area contributed by atoms with Crippen LogP contribution < -0.4 is 5.73 Å². The summed E-state index contributed by atoms with van der Waals surface area (Å²) < 4.78 is 128. The molecule has 326 valence electrons. The number of aryl methyl sites for hydroxylation is 3. The number of aromatic carboxylic acids is 1. The van der Waals surface area contributed by atoms with Crippen molar-refractivity contribution < 1.29 is 53.6 Å². The molecule has 0 amide bonds. The Morgan fingerprint density at radius 3 is 1.36 bits per heavy atom. The van der Waals surface area contributed by atoms with Gasteiger partial charge in [0.05, 0.1) is 21.4 Å². The lowest BCUT2D eigenvalue weighted by Crippen LogP contribution is -2.08. The van der Waals surface area contributed by atoms with Gasteiger partial charge >= 0.3 is 26.4 Å². The first-order valence-corrected chi connectivity index (χ1v) is 22.2. The topological polar surface area (TPSA) is 115 Å². The van der Waals surface area contributed by atoms with E-state index in [9.17, 15) is 48.4 Å². The van der Waals surface area contributed by atoms with Gasteiger partial charge in [-0.05, 0) is 78.9 Å². The first-order valence-electron chi connectivity index (χ1n) is 16.8. The number of imidazole rings is 2. The molecule has 59 heavy (non-hydrogen) atoms. The minimum absolute atomic E-state index is 0.0108. The molecule has 4 heterocycles. The van der Waals surface area contributed by atoms with E-state index in [4.69, 9.17) is 34.0 Å². The SMILES string of the molecule is CCc1nc2ccc(Cl)cn2c1C(=O)CCc1ccc(S(F)(F)(F)(F)F)cc1.CCc1nc2ccc(Cl)cn2c1C(=O)O.CCl.NCc1ccc(S(F)(F)(F)(F)F)cc1. The van der Waals surface area contributed by atoms with Gasteiger partial charge in [0, 0.05) is 31.7 Å². The lowest BCUT2D eigenvalue weighted by molar-refractivity contribution is 0.0687. The van der Waals surface area contributed by atoms with E-state index < -0.39 is 36.2 Å². The highest BCUT2D eigenvalue weighted by atomic mass is 35.5. The summed E-state index contributed by atoms with van der Waals surface area (Å²) in [6.07, 6.45) is 5.80. The number of pyridine rings is 2. The number of nitrogens with two attached hydrogens (primary N) is 1. The Hall–Kier alpha value is -4.21. The number of carbonyl (C=O) groups is 2. The van der Waals surface area contributed by atoms with Crippen LogP contribution in [0.5, 0.6) is 0 Å². The van der Waals surface area contributed by atoms with Gasteiger partial charge in [0.2, 0.25) is 0 Å². The number of benzene rings is 2. The average molecular weight is 947 g/mol. The number of hydrogen-bond donors (Lipinski definition) is 2. The molecule has 0 fully saturated rings. The second kappa shape index (κ2) is 16.7. The Morgan fingerprint density at radius 2 is 1.00 bits per heavy atom. The highest BCUT2D eigenvalue weighted by Crippen LogP contribution is 3.02. The number of carboxylic acid groups (broad SMARTS) is 1. The first-order chi connectivity index (χ1) is 26.9. The normalized spacial score (nSPS) is 13.9. The molecule has 0 saturated heterocycles. The third kappa shape index (κ3) is 13.1. The Labute approximate surface area is 346 Å². The number of carboxylic acids is 1. The summed E-state index contributed by atoms with van der Waals surface area (Å²) in [6.45, 7) is 3.73. The van der Waals surface area contributed by atoms with Crippen molar-refractivity contribution in [1.82, 2.24) is 18.8 Å². The Bertz CT molecular complexity index is 2470. The molecule has 6 aromatic rings. The number of alkyl halides is 1. The largest absolute Gasteiger partial charge is 0.477 e. The number of ketones is 1. The van der Waals surface area contributed by atoms with Crippen molar-refractivity contribution in [3.05, 3.63) is 129 Å². The summed E-state index contributed by atoms with van der Waals surface area (Å²) >= 11 is 16.4. The summed E-state index contributed by atoms with van der Waals surface area (Å²) in [5.74, 6) is -1.25. The molecule has 0 unspecified atom stereocenters. The lowest BCUT2D eigenvalue weighted by atomic mass is 10.0. The number of carbonyl (C=O) groups excluding carboxylic acids is 1. The van der Waals surface area contributed by atoms with Crippen molar-refractivity contribution in [2.75, 3.05) is 6.38 Å². The second-order valence-corrected chi connectivity index (χ2v) is 18.0. The van der Waals surface area contributed by atoms with E-state index in [2.05, 4.69) is 21.6 Å². The fourth-order valence-corrected chi connectivity index (χ4v) is 6.94. The molecule has 0 bridgehead atoms. The Kier molecular flexibility index (Phi) is 13.9. The van der Waals surface area contributed by atoms with Crippen LogP contribution >= 0.6 is 55.3 Å². The quantitative estimate of drug-likeness (QED) is 0.0803. The fraction of sp³-hybridized carbons (Fsp3) is 0.222. The molecule has 0 radical (unpaired) electrons. The van der Waals surface area contributed by atoms with E-state index in [0.29, 0.717) is 86.7 Å². The highest BCUT2D eigenvalue weighted by Gasteiger charge is 2.66. The molecule has 23 heteroatoms. The van der Waals surface area contributed by atoms with E-state index in [0.717, 1.165) is 24.3 Å². The van der Waals surface area contributed by atoms with Gasteiger partial charge in [-0.25, -0.2) is 14.8 Å². The predicted octanol–water partition coefficient (Wildman–Crippen LogP) is 13.9. The van der Waals surface area contributed by atoms with E-state index in [-0.39, 0.29) is 30.9 Å². The fourth-order valence-electron chi connectivity index (χ4n) is 5.32. The molecule has 0 aliphatic carbocycles. The van der Waals surface area contributed by atoms with E-state index in [1.807, 2.05) is 13.8 Å². The average Bonchev–Trinajstić information content (AvgIpc) is 3.71. The zero-order valence-electron chi connectivity index (χ0n) is 31.0. The number of Topliss-reactive ketones (excluding diaryl/α,β-unsaturated/α-hetero) is 1. The summed E-state index contributed by atoms with van der Waals surface area (Å²) in [4.78, 5) is 28.5. The van der Waals surface area contributed by atoms with Gasteiger partial charge in [0.15, 0.2) is 11.5 Å². The molecule has 3 N–H and O–H groups in total. The Balaban J connectivity index is 0.000000253. The summed E-state index contributed by atoms with van der Waals surface area (Å²) in [5, 5.41) is 9.99. The number of halogens is 13. The zero-order chi connectivity index (χ0) is 44.9. The molecule has 4 aromatic heterocycles. The van der Waals surface area contributed by atoms with Crippen molar-refractivity contribution in [2.24, 2.45) is 5.73 Å². The van der Waals surface area contributed by atoms with Crippen LogP contribution in [0.3, 0.4) is 0 Å². The van der Waals surface area contributed by atoms with Crippen LogP contribution in [0.25, 0.3) is 11.3 Å². The third-order valence-corrected chi connectivity index (χ3v) is 10.8. The van der Waals surface area contributed by atoms with Gasteiger partial charge in [-0.3, -0.25) is 13.6 Å². The molecule has 0 aliphatic rings. The van der Waals surface area contributed by atoms with Crippen LogP contribution in [0.4, 0.5) is 38.9 Å². The van der Waals surface area contributed by atoms with E-state index >= 15 is 0 Å². The molecular weight excluding hydrogens is 911 g/mol. The van der Waals surface area contributed by atoms with Crippen molar-refractivity contribution in [3.8, 4) is 0 Å². The lowest BCUT2D eigenvalue weighted by Gasteiger charge is -2.40.